The normalized spacial score (nSPS) is 11.8. The number of nitrogens with zero attached hydrogens (tertiary/aromatic N) is 1. The lowest BCUT2D eigenvalue weighted by molar-refractivity contribution is 0.709. The van der Waals surface area contributed by atoms with Gasteiger partial charge in [0, 0.05) is 7.05 Å². The van der Waals surface area contributed by atoms with Crippen molar-refractivity contribution < 1.29 is 0 Å². The minimum absolute atomic E-state index is 1.15. The number of hydrogen-bond donors (Lipinski definition) is 0. The summed E-state index contributed by atoms with van der Waals surface area (Å²) in [4.78, 5) is 3.93. The predicted octanol–water partition coefficient (Wildman–Crippen LogP) is 3.21. The predicted molar refractivity (Wildman–Crippen MR) is 52.3 cm³/mol. The Morgan fingerprint density at radius 1 is 1.09 bits per heavy atom. The van der Waals surface area contributed by atoms with Gasteiger partial charge in [0.1, 0.15) is 0 Å². The van der Waals surface area contributed by atoms with E-state index < -0.39 is 0 Å². The summed E-state index contributed by atoms with van der Waals surface area (Å²) in [6.07, 6.45) is 12.7. The molecule has 0 heterocycles. The van der Waals surface area contributed by atoms with Crippen LogP contribution in [0.2, 0.25) is 0 Å². The van der Waals surface area contributed by atoms with Gasteiger partial charge in [-0.05, 0) is 38.8 Å². The molecule has 1 heteroatoms. The maximum Gasteiger partial charge on any atom is 0.0273 e. The highest BCUT2D eigenvalue weighted by Crippen LogP contribution is 2.02. The zero-order valence-electron chi connectivity index (χ0n) is 7.71. The summed E-state index contributed by atoms with van der Waals surface area (Å²) in [5.74, 6) is 0. The van der Waals surface area contributed by atoms with Crippen LogP contribution < -0.4 is 0 Å². The number of hydrogen-bond acceptors (Lipinski definition) is 1. The van der Waals surface area contributed by atoms with Crippen LogP contribution in [0.4, 0.5) is 0 Å². The van der Waals surface area contributed by atoms with Crippen molar-refractivity contribution in [2.24, 2.45) is 4.99 Å². The Morgan fingerprint density at radius 3 is 2.45 bits per heavy atom. The molecule has 0 saturated carbocycles. The summed E-state index contributed by atoms with van der Waals surface area (Å²) in [5.41, 5.74) is 0. The molecule has 0 aliphatic heterocycles. The molecule has 11 heavy (non-hydrogen) atoms. The molecule has 0 N–H and O–H groups in total. The third-order valence-electron chi connectivity index (χ3n) is 1.62. The monoisotopic (exact) mass is 153 g/mol. The summed E-state index contributed by atoms with van der Waals surface area (Å²) < 4.78 is 0. The summed E-state index contributed by atoms with van der Waals surface area (Å²) in [6.45, 7) is 2.07. The van der Waals surface area contributed by atoms with Crippen LogP contribution in [0.3, 0.4) is 0 Å². The van der Waals surface area contributed by atoms with E-state index in [1.54, 1.807) is 0 Å². The average molecular weight is 153 g/mol. The molecule has 0 aliphatic carbocycles. The molecule has 1 nitrogen and oxygen atoms in total. The second kappa shape index (κ2) is 9.41. The van der Waals surface area contributed by atoms with E-state index in [-0.39, 0.29) is 0 Å². The Labute approximate surface area is 70.2 Å². The van der Waals surface area contributed by atoms with Gasteiger partial charge in [-0.25, -0.2) is 0 Å². The zero-order valence-corrected chi connectivity index (χ0v) is 7.71. The third-order valence-corrected chi connectivity index (χ3v) is 1.62. The number of aliphatic imine (C=N–C) groups is 1. The van der Waals surface area contributed by atoms with Crippen LogP contribution in [0.25, 0.3) is 0 Å². The molecule has 0 aliphatic rings. The smallest absolute Gasteiger partial charge is 0.0273 e. The van der Waals surface area contributed by atoms with Gasteiger partial charge in [0.25, 0.3) is 0 Å². The second-order valence-corrected chi connectivity index (χ2v) is 2.65. The van der Waals surface area contributed by atoms with Crippen molar-refractivity contribution >= 4 is 6.21 Å². The Kier molecular flexibility index (Phi) is 8.91. The fourth-order valence-corrected chi connectivity index (χ4v) is 0.970. The lowest BCUT2D eigenvalue weighted by Crippen LogP contribution is -1.78. The summed E-state index contributed by atoms with van der Waals surface area (Å²) in [7, 11) is 1.83. The maximum absolute atomic E-state index is 3.93. The first-order valence-corrected chi connectivity index (χ1v) is 4.43. The van der Waals surface area contributed by atoms with Crippen LogP contribution in [0.5, 0.6) is 0 Å². The quantitative estimate of drug-likeness (QED) is 0.315. The Morgan fingerprint density at radius 2 is 1.82 bits per heavy atom. The molecule has 0 rings (SSSR count). The standard InChI is InChI=1S/C10H19N/c1-3-4-5-6-7-8-9-10-11-2/h3-4,10H,5-9H2,1-2H3/b4-3-,11-10-. The van der Waals surface area contributed by atoms with Crippen molar-refractivity contribution in [3.05, 3.63) is 12.2 Å². The van der Waals surface area contributed by atoms with Crippen molar-refractivity contribution in [2.75, 3.05) is 7.05 Å². The van der Waals surface area contributed by atoms with E-state index in [1.807, 2.05) is 13.3 Å². The molecule has 0 bridgehead atoms. The first kappa shape index (κ1) is 10.4. The van der Waals surface area contributed by atoms with Crippen molar-refractivity contribution in [3.63, 3.8) is 0 Å². The van der Waals surface area contributed by atoms with Crippen LogP contribution in [0.1, 0.15) is 39.0 Å². The van der Waals surface area contributed by atoms with Crippen molar-refractivity contribution in [1.29, 1.82) is 0 Å². The van der Waals surface area contributed by atoms with Crippen molar-refractivity contribution in [2.45, 2.75) is 39.0 Å². The van der Waals surface area contributed by atoms with Crippen LogP contribution in [-0.4, -0.2) is 13.3 Å². The molecule has 0 aromatic heterocycles. The first-order chi connectivity index (χ1) is 5.41. The van der Waals surface area contributed by atoms with Gasteiger partial charge < -0.3 is 4.99 Å². The van der Waals surface area contributed by atoms with E-state index in [0.29, 0.717) is 0 Å². The molecule has 0 saturated heterocycles. The molecular formula is C10H19N. The minimum Gasteiger partial charge on any atom is -0.301 e. The topological polar surface area (TPSA) is 12.4 Å². The molecule has 0 aromatic carbocycles. The molecule has 0 fully saturated rings. The van der Waals surface area contributed by atoms with Gasteiger partial charge in [0.05, 0.1) is 0 Å². The van der Waals surface area contributed by atoms with Crippen LogP contribution in [0, 0.1) is 0 Å². The fraction of sp³-hybridized carbons (Fsp3) is 0.700. The fourth-order valence-electron chi connectivity index (χ4n) is 0.970. The summed E-state index contributed by atoms with van der Waals surface area (Å²) >= 11 is 0. The molecule has 64 valence electrons. The van der Waals surface area contributed by atoms with Gasteiger partial charge in [0.2, 0.25) is 0 Å². The van der Waals surface area contributed by atoms with Gasteiger partial charge in [0.15, 0.2) is 0 Å². The van der Waals surface area contributed by atoms with Crippen LogP contribution in [0.15, 0.2) is 17.1 Å². The molecule has 0 radical (unpaired) electrons. The Balaban J connectivity index is 2.90. The number of allylic oxidation sites excluding steroid dienone is 2. The van der Waals surface area contributed by atoms with Crippen LogP contribution in [-0.2, 0) is 0 Å². The second-order valence-electron chi connectivity index (χ2n) is 2.65. The van der Waals surface area contributed by atoms with E-state index in [9.17, 15) is 0 Å². The SMILES string of the molecule is C/C=C\CCCCC/C=N\C. The van der Waals surface area contributed by atoms with Crippen molar-refractivity contribution in [3.8, 4) is 0 Å². The molecule has 0 atom stereocenters. The highest BCUT2D eigenvalue weighted by Gasteiger charge is 1.84. The molecular weight excluding hydrogens is 134 g/mol. The van der Waals surface area contributed by atoms with E-state index in [1.165, 1.54) is 25.7 Å². The lowest BCUT2D eigenvalue weighted by Gasteiger charge is -1.93. The number of unbranched alkanes of at least 4 members (excludes halogenated alkanes) is 4. The summed E-state index contributed by atoms with van der Waals surface area (Å²) in [5, 5.41) is 0. The highest BCUT2D eigenvalue weighted by atomic mass is 14.6. The van der Waals surface area contributed by atoms with E-state index in [0.717, 1.165) is 6.42 Å². The molecule has 0 unspecified atom stereocenters. The van der Waals surface area contributed by atoms with Crippen molar-refractivity contribution in [1.82, 2.24) is 0 Å². The van der Waals surface area contributed by atoms with Gasteiger partial charge >= 0.3 is 0 Å². The summed E-state index contributed by atoms with van der Waals surface area (Å²) in [6, 6.07) is 0. The van der Waals surface area contributed by atoms with E-state index in [4.69, 9.17) is 0 Å². The first-order valence-electron chi connectivity index (χ1n) is 4.43. The van der Waals surface area contributed by atoms with Crippen LogP contribution >= 0.6 is 0 Å². The molecule has 0 spiro atoms. The number of rotatable bonds is 6. The van der Waals surface area contributed by atoms with Gasteiger partial charge in [-0.3, -0.25) is 0 Å². The zero-order chi connectivity index (χ0) is 8.36. The maximum atomic E-state index is 3.93. The molecule has 0 amide bonds. The van der Waals surface area contributed by atoms with Gasteiger partial charge in [-0.1, -0.05) is 18.6 Å². The highest BCUT2D eigenvalue weighted by molar-refractivity contribution is 5.56. The average Bonchev–Trinajstić information content (AvgIpc) is 2.03. The lowest BCUT2D eigenvalue weighted by atomic mass is 10.1. The minimum atomic E-state index is 1.15. The largest absolute Gasteiger partial charge is 0.301 e. The third kappa shape index (κ3) is 9.41. The van der Waals surface area contributed by atoms with E-state index in [2.05, 4.69) is 24.1 Å². The van der Waals surface area contributed by atoms with Gasteiger partial charge in [-0.2, -0.15) is 0 Å². The van der Waals surface area contributed by atoms with Gasteiger partial charge in [-0.15, -0.1) is 0 Å². The Bertz CT molecular complexity index is 100. The molecule has 0 aromatic rings. The Hall–Kier alpha value is -0.590. The van der Waals surface area contributed by atoms with E-state index >= 15 is 0 Å².